The summed E-state index contributed by atoms with van der Waals surface area (Å²) in [5, 5.41) is 5.47. The van der Waals surface area contributed by atoms with Crippen molar-refractivity contribution in [3.05, 3.63) is 62.9 Å². The first-order chi connectivity index (χ1) is 12.5. The molecule has 0 spiro atoms. The summed E-state index contributed by atoms with van der Waals surface area (Å²) in [6.07, 6.45) is 1.60. The molecule has 132 valence electrons. The number of nitrogens with zero attached hydrogens (tertiary/aromatic N) is 1. The van der Waals surface area contributed by atoms with Crippen LogP contribution in [-0.2, 0) is 4.79 Å². The van der Waals surface area contributed by atoms with Crippen LogP contribution in [0.2, 0.25) is 0 Å². The molecule has 0 aliphatic carbocycles. The molecule has 0 aliphatic rings. The molecule has 3 aromatic rings. The number of aromatic amines is 2. The van der Waals surface area contributed by atoms with Crippen molar-refractivity contribution in [2.45, 2.75) is 13.3 Å². The number of rotatable bonds is 4. The van der Waals surface area contributed by atoms with Crippen LogP contribution in [-0.4, -0.2) is 26.8 Å². The first kappa shape index (κ1) is 17.1. The lowest BCUT2D eigenvalue weighted by Crippen LogP contribution is -2.23. The van der Waals surface area contributed by atoms with E-state index in [9.17, 15) is 19.2 Å². The molecule has 9 nitrogen and oxygen atoms in total. The molecule has 0 aliphatic heterocycles. The Morgan fingerprint density at radius 2 is 1.81 bits per heavy atom. The van der Waals surface area contributed by atoms with Crippen LogP contribution in [0.1, 0.15) is 23.7 Å². The molecule has 2 amide bonds. The van der Waals surface area contributed by atoms with E-state index in [0.29, 0.717) is 17.8 Å². The molecule has 26 heavy (non-hydrogen) atoms. The number of benzene rings is 1. The zero-order valence-corrected chi connectivity index (χ0v) is 13.8. The number of aromatic nitrogens is 3. The molecule has 0 atom stereocenters. The molecule has 9 heteroatoms. The van der Waals surface area contributed by atoms with Gasteiger partial charge in [-0.05, 0) is 24.3 Å². The van der Waals surface area contributed by atoms with Gasteiger partial charge in [0.05, 0.1) is 10.9 Å². The first-order valence-electron chi connectivity index (χ1n) is 7.80. The maximum atomic E-state index is 12.4. The molecule has 3 rings (SSSR count). The topological polar surface area (TPSA) is 137 Å². The van der Waals surface area contributed by atoms with Crippen LogP contribution in [0.3, 0.4) is 0 Å². The van der Waals surface area contributed by atoms with Gasteiger partial charge in [0.25, 0.3) is 11.5 Å². The molecular formula is C17H15N5O4. The van der Waals surface area contributed by atoms with Crippen LogP contribution in [0.5, 0.6) is 0 Å². The van der Waals surface area contributed by atoms with Gasteiger partial charge in [-0.2, -0.15) is 0 Å². The predicted molar refractivity (Wildman–Crippen MR) is 96.3 cm³/mol. The summed E-state index contributed by atoms with van der Waals surface area (Å²) >= 11 is 0. The summed E-state index contributed by atoms with van der Waals surface area (Å²) in [5.74, 6) is -0.621. The van der Waals surface area contributed by atoms with E-state index in [1.54, 1.807) is 31.2 Å². The van der Waals surface area contributed by atoms with Crippen LogP contribution in [0.15, 0.2) is 46.1 Å². The highest BCUT2D eigenvalue weighted by molar-refractivity contribution is 6.05. The Bertz CT molecular complexity index is 1120. The standard InChI is InChI=1S/C17H15N5O4/c1-2-13(23)19-10-4-3-5-11(7-10)20-15(24)9-6-12-14(18-8-9)21-17(26)22-16(12)25/h3-8H,2H2,1H3,(H,19,23)(H,20,24)(H2,18,21,22,25,26). The highest BCUT2D eigenvalue weighted by Gasteiger charge is 2.11. The van der Waals surface area contributed by atoms with Crippen molar-refractivity contribution < 1.29 is 9.59 Å². The van der Waals surface area contributed by atoms with E-state index in [4.69, 9.17) is 0 Å². The van der Waals surface area contributed by atoms with Gasteiger partial charge < -0.3 is 10.6 Å². The molecular weight excluding hydrogens is 338 g/mol. The Morgan fingerprint density at radius 1 is 1.08 bits per heavy atom. The molecule has 0 fully saturated rings. The number of amides is 2. The molecule has 0 unspecified atom stereocenters. The van der Waals surface area contributed by atoms with Crippen LogP contribution >= 0.6 is 0 Å². The number of fused-ring (bicyclic) bond motifs is 1. The number of anilines is 2. The van der Waals surface area contributed by atoms with E-state index in [1.165, 1.54) is 12.3 Å². The second-order valence-electron chi connectivity index (χ2n) is 5.47. The molecule has 4 N–H and O–H groups in total. The number of carbonyl (C=O) groups is 2. The molecule has 0 radical (unpaired) electrons. The average Bonchev–Trinajstić information content (AvgIpc) is 2.61. The number of H-pyrrole nitrogens is 2. The second-order valence-corrected chi connectivity index (χ2v) is 5.47. The monoisotopic (exact) mass is 353 g/mol. The summed E-state index contributed by atoms with van der Waals surface area (Å²) < 4.78 is 0. The van der Waals surface area contributed by atoms with Gasteiger partial charge in [-0.3, -0.25) is 24.4 Å². The fraction of sp³-hybridized carbons (Fsp3) is 0.118. The van der Waals surface area contributed by atoms with Crippen LogP contribution in [0.25, 0.3) is 11.0 Å². The van der Waals surface area contributed by atoms with Gasteiger partial charge >= 0.3 is 5.69 Å². The number of hydrogen-bond donors (Lipinski definition) is 4. The summed E-state index contributed by atoms with van der Waals surface area (Å²) in [6.45, 7) is 1.74. The van der Waals surface area contributed by atoms with Crippen molar-refractivity contribution in [3.8, 4) is 0 Å². The van der Waals surface area contributed by atoms with E-state index in [2.05, 4.69) is 25.6 Å². The van der Waals surface area contributed by atoms with E-state index in [0.717, 1.165) is 0 Å². The third kappa shape index (κ3) is 3.66. The number of pyridine rings is 1. The van der Waals surface area contributed by atoms with E-state index in [-0.39, 0.29) is 22.5 Å². The lowest BCUT2D eigenvalue weighted by atomic mass is 10.2. The van der Waals surface area contributed by atoms with E-state index in [1.807, 2.05) is 0 Å². The summed E-state index contributed by atoms with van der Waals surface area (Å²) in [5.41, 5.74) is -0.0226. The van der Waals surface area contributed by atoms with Crippen molar-refractivity contribution in [1.82, 2.24) is 15.0 Å². The van der Waals surface area contributed by atoms with E-state index >= 15 is 0 Å². The van der Waals surface area contributed by atoms with Crippen LogP contribution in [0, 0.1) is 0 Å². The Morgan fingerprint density at radius 3 is 2.54 bits per heavy atom. The average molecular weight is 353 g/mol. The quantitative estimate of drug-likeness (QED) is 0.559. The van der Waals surface area contributed by atoms with Gasteiger partial charge in [0.2, 0.25) is 5.91 Å². The molecule has 0 bridgehead atoms. The first-order valence-corrected chi connectivity index (χ1v) is 7.80. The largest absolute Gasteiger partial charge is 0.327 e. The number of hydrogen-bond acceptors (Lipinski definition) is 5. The maximum absolute atomic E-state index is 12.4. The van der Waals surface area contributed by atoms with Gasteiger partial charge in [0, 0.05) is 24.0 Å². The van der Waals surface area contributed by atoms with Gasteiger partial charge in [0.15, 0.2) is 0 Å². The van der Waals surface area contributed by atoms with Crippen molar-refractivity contribution in [2.75, 3.05) is 10.6 Å². The number of nitrogens with one attached hydrogen (secondary N) is 4. The zero-order chi connectivity index (χ0) is 18.7. The molecule has 0 saturated carbocycles. The molecule has 2 aromatic heterocycles. The summed E-state index contributed by atoms with van der Waals surface area (Å²) in [4.78, 5) is 55.3. The minimum atomic E-state index is -0.668. The number of carbonyl (C=O) groups excluding carboxylic acids is 2. The van der Waals surface area contributed by atoms with Crippen molar-refractivity contribution in [1.29, 1.82) is 0 Å². The minimum absolute atomic E-state index is 0.0968. The van der Waals surface area contributed by atoms with Crippen molar-refractivity contribution in [2.24, 2.45) is 0 Å². The SMILES string of the molecule is CCC(=O)Nc1cccc(NC(=O)c2cnc3[nH]c(=O)[nH]c(=O)c3c2)c1. The normalized spacial score (nSPS) is 10.5. The smallest absolute Gasteiger partial charge is 0.326 e. The van der Waals surface area contributed by atoms with Crippen molar-refractivity contribution >= 4 is 34.2 Å². The predicted octanol–water partition coefficient (Wildman–Crippen LogP) is 1.21. The Labute approximate surface area is 146 Å². The van der Waals surface area contributed by atoms with Gasteiger partial charge in [-0.1, -0.05) is 13.0 Å². The minimum Gasteiger partial charge on any atom is -0.326 e. The Hall–Kier alpha value is -3.75. The zero-order valence-electron chi connectivity index (χ0n) is 13.8. The Kier molecular flexibility index (Phi) is 4.61. The fourth-order valence-corrected chi connectivity index (χ4v) is 2.30. The summed E-state index contributed by atoms with van der Waals surface area (Å²) in [6, 6.07) is 8.02. The molecule has 0 saturated heterocycles. The van der Waals surface area contributed by atoms with Gasteiger partial charge in [-0.15, -0.1) is 0 Å². The maximum Gasteiger partial charge on any atom is 0.327 e. The summed E-state index contributed by atoms with van der Waals surface area (Å²) in [7, 11) is 0. The Balaban J connectivity index is 1.85. The second kappa shape index (κ2) is 7.01. The van der Waals surface area contributed by atoms with Crippen LogP contribution < -0.4 is 21.9 Å². The third-order valence-corrected chi connectivity index (χ3v) is 3.58. The van der Waals surface area contributed by atoms with Gasteiger partial charge in [-0.25, -0.2) is 9.78 Å². The third-order valence-electron chi connectivity index (χ3n) is 3.58. The molecule has 1 aromatic carbocycles. The lowest BCUT2D eigenvalue weighted by molar-refractivity contribution is -0.115. The van der Waals surface area contributed by atoms with Crippen molar-refractivity contribution in [3.63, 3.8) is 0 Å². The fourth-order valence-electron chi connectivity index (χ4n) is 2.30. The highest BCUT2D eigenvalue weighted by atomic mass is 16.2. The van der Waals surface area contributed by atoms with Crippen LogP contribution in [0.4, 0.5) is 11.4 Å². The lowest BCUT2D eigenvalue weighted by Gasteiger charge is -2.08. The highest BCUT2D eigenvalue weighted by Crippen LogP contribution is 2.16. The molecule has 2 heterocycles. The van der Waals surface area contributed by atoms with Gasteiger partial charge in [0.1, 0.15) is 5.65 Å². The van der Waals surface area contributed by atoms with E-state index < -0.39 is 17.2 Å².